The maximum absolute atomic E-state index is 13.2. The highest BCUT2D eigenvalue weighted by molar-refractivity contribution is 5.78. The zero-order valence-electron chi connectivity index (χ0n) is 19.0. The molecule has 1 heterocycles. The van der Waals surface area contributed by atoms with Crippen LogP contribution in [0.4, 0.5) is 4.39 Å². The van der Waals surface area contributed by atoms with Gasteiger partial charge in [0.15, 0.2) is 0 Å². The van der Waals surface area contributed by atoms with Gasteiger partial charge < -0.3 is 14.2 Å². The molecule has 0 N–H and O–H groups in total. The van der Waals surface area contributed by atoms with Crippen molar-refractivity contribution in [3.8, 4) is 17.1 Å². The number of rotatable bonds is 10. The molecule has 7 heteroatoms. The van der Waals surface area contributed by atoms with Gasteiger partial charge in [0.1, 0.15) is 11.6 Å². The van der Waals surface area contributed by atoms with Crippen LogP contribution in [0.5, 0.6) is 5.75 Å². The number of carbonyl (C=O) groups is 1. The number of hydrogen-bond donors (Lipinski definition) is 0. The molecule has 34 heavy (non-hydrogen) atoms. The first-order chi connectivity index (χ1) is 16.6. The first-order valence-corrected chi connectivity index (χ1v) is 11.1. The summed E-state index contributed by atoms with van der Waals surface area (Å²) in [5, 5.41) is 4.07. The highest BCUT2D eigenvalue weighted by atomic mass is 19.1. The average molecular weight is 460 g/mol. The summed E-state index contributed by atoms with van der Waals surface area (Å²) in [7, 11) is 1.60. The van der Waals surface area contributed by atoms with E-state index in [0.29, 0.717) is 37.0 Å². The van der Waals surface area contributed by atoms with E-state index in [4.69, 9.17) is 9.26 Å². The van der Waals surface area contributed by atoms with Gasteiger partial charge in [0.05, 0.1) is 13.5 Å². The van der Waals surface area contributed by atoms with E-state index in [1.165, 1.54) is 12.1 Å². The van der Waals surface area contributed by atoms with Crippen molar-refractivity contribution in [2.75, 3.05) is 20.2 Å². The number of ether oxygens (including phenoxy) is 1. The molecule has 0 fully saturated rings. The van der Waals surface area contributed by atoms with Crippen molar-refractivity contribution in [1.29, 1.82) is 0 Å². The Morgan fingerprint density at radius 2 is 1.71 bits per heavy atom. The lowest BCUT2D eigenvalue weighted by Crippen LogP contribution is -2.36. The number of amides is 1. The molecular weight excluding hydrogens is 433 g/mol. The summed E-state index contributed by atoms with van der Waals surface area (Å²) in [6, 6.07) is 23.5. The molecule has 1 amide bonds. The molecule has 4 rings (SSSR count). The van der Waals surface area contributed by atoms with E-state index in [9.17, 15) is 9.18 Å². The van der Waals surface area contributed by atoms with Crippen molar-refractivity contribution >= 4 is 5.91 Å². The average Bonchev–Trinajstić information content (AvgIpc) is 3.35. The van der Waals surface area contributed by atoms with Crippen molar-refractivity contribution in [3.05, 3.63) is 102 Å². The standard InChI is InChI=1S/C27H26FN3O3/c1-33-24-9-5-8-22(19-24)27-29-25(34-30-27)15-17-31(16-14-20-6-3-2-4-7-20)26(32)18-21-10-12-23(28)13-11-21/h2-13,19H,14-18H2,1H3. The zero-order valence-corrected chi connectivity index (χ0v) is 19.0. The van der Waals surface area contributed by atoms with Crippen LogP contribution < -0.4 is 4.74 Å². The summed E-state index contributed by atoms with van der Waals surface area (Å²) >= 11 is 0. The minimum atomic E-state index is -0.319. The molecule has 4 aromatic rings. The van der Waals surface area contributed by atoms with E-state index in [1.807, 2.05) is 54.6 Å². The summed E-state index contributed by atoms with van der Waals surface area (Å²) in [5.74, 6) is 1.29. The third-order valence-electron chi connectivity index (χ3n) is 5.53. The summed E-state index contributed by atoms with van der Waals surface area (Å²) in [6.07, 6.45) is 1.36. The molecule has 0 aliphatic heterocycles. The number of halogens is 1. The molecule has 0 saturated heterocycles. The lowest BCUT2D eigenvalue weighted by molar-refractivity contribution is -0.130. The monoisotopic (exact) mass is 459 g/mol. The summed E-state index contributed by atoms with van der Waals surface area (Å²) in [6.45, 7) is 0.994. The molecular formula is C27H26FN3O3. The normalized spacial score (nSPS) is 10.8. The van der Waals surface area contributed by atoms with Crippen molar-refractivity contribution < 1.29 is 18.4 Å². The van der Waals surface area contributed by atoms with Crippen LogP contribution >= 0.6 is 0 Å². The Bertz CT molecular complexity index is 1210. The van der Waals surface area contributed by atoms with Gasteiger partial charge in [-0.3, -0.25) is 4.79 Å². The van der Waals surface area contributed by atoms with E-state index in [0.717, 1.165) is 23.1 Å². The fourth-order valence-electron chi connectivity index (χ4n) is 3.63. The number of benzene rings is 3. The maximum atomic E-state index is 13.2. The molecule has 0 unspecified atom stereocenters. The molecule has 0 bridgehead atoms. The van der Waals surface area contributed by atoms with Gasteiger partial charge in [0.2, 0.25) is 17.6 Å². The van der Waals surface area contributed by atoms with Crippen molar-refractivity contribution in [3.63, 3.8) is 0 Å². The number of aromatic nitrogens is 2. The number of hydrogen-bond acceptors (Lipinski definition) is 5. The molecule has 6 nitrogen and oxygen atoms in total. The molecule has 1 aromatic heterocycles. The van der Waals surface area contributed by atoms with E-state index < -0.39 is 0 Å². The number of methoxy groups -OCH3 is 1. The van der Waals surface area contributed by atoms with Crippen LogP contribution in [0.1, 0.15) is 17.0 Å². The lowest BCUT2D eigenvalue weighted by Gasteiger charge is -2.22. The van der Waals surface area contributed by atoms with E-state index in [2.05, 4.69) is 10.1 Å². The van der Waals surface area contributed by atoms with Gasteiger partial charge in [0, 0.05) is 25.1 Å². The van der Waals surface area contributed by atoms with Crippen LogP contribution in [0.3, 0.4) is 0 Å². The Kier molecular flexibility index (Phi) is 7.65. The zero-order chi connectivity index (χ0) is 23.8. The van der Waals surface area contributed by atoms with Crippen LogP contribution in [0.2, 0.25) is 0 Å². The second-order valence-corrected chi connectivity index (χ2v) is 7.91. The van der Waals surface area contributed by atoms with Crippen LogP contribution in [-0.4, -0.2) is 41.1 Å². The van der Waals surface area contributed by atoms with Crippen molar-refractivity contribution in [2.45, 2.75) is 19.3 Å². The third kappa shape index (κ3) is 6.28. The Balaban J connectivity index is 1.43. The minimum Gasteiger partial charge on any atom is -0.497 e. The first-order valence-electron chi connectivity index (χ1n) is 11.1. The van der Waals surface area contributed by atoms with Gasteiger partial charge in [-0.25, -0.2) is 4.39 Å². The van der Waals surface area contributed by atoms with E-state index >= 15 is 0 Å². The molecule has 0 radical (unpaired) electrons. The number of nitrogens with zero attached hydrogens (tertiary/aromatic N) is 3. The van der Waals surface area contributed by atoms with Gasteiger partial charge >= 0.3 is 0 Å². The molecule has 174 valence electrons. The molecule has 0 aliphatic rings. The quantitative estimate of drug-likeness (QED) is 0.343. The van der Waals surface area contributed by atoms with E-state index in [-0.39, 0.29) is 18.1 Å². The summed E-state index contributed by atoms with van der Waals surface area (Å²) < 4.78 is 23.9. The van der Waals surface area contributed by atoms with Gasteiger partial charge in [-0.2, -0.15) is 4.98 Å². The van der Waals surface area contributed by atoms with Gasteiger partial charge in [-0.05, 0) is 41.8 Å². The van der Waals surface area contributed by atoms with Gasteiger partial charge in [0.25, 0.3) is 0 Å². The van der Waals surface area contributed by atoms with Crippen LogP contribution in [0.15, 0.2) is 83.4 Å². The SMILES string of the molecule is COc1cccc(-c2noc(CCN(CCc3ccccc3)C(=O)Cc3ccc(F)cc3)n2)c1. The largest absolute Gasteiger partial charge is 0.497 e. The highest BCUT2D eigenvalue weighted by Gasteiger charge is 2.17. The fraction of sp³-hybridized carbons (Fsp3) is 0.222. The van der Waals surface area contributed by atoms with Crippen LogP contribution in [-0.2, 0) is 24.1 Å². The summed E-state index contributed by atoms with van der Waals surface area (Å²) in [5.41, 5.74) is 2.72. The smallest absolute Gasteiger partial charge is 0.228 e. The summed E-state index contributed by atoms with van der Waals surface area (Å²) in [4.78, 5) is 19.4. The topological polar surface area (TPSA) is 68.5 Å². The molecule has 3 aromatic carbocycles. The molecule has 0 atom stereocenters. The number of carbonyl (C=O) groups excluding carboxylic acids is 1. The van der Waals surface area contributed by atoms with Crippen molar-refractivity contribution in [1.82, 2.24) is 15.0 Å². The molecule has 0 aliphatic carbocycles. The second-order valence-electron chi connectivity index (χ2n) is 7.91. The van der Waals surface area contributed by atoms with E-state index in [1.54, 1.807) is 24.1 Å². The Morgan fingerprint density at radius 3 is 2.47 bits per heavy atom. The van der Waals surface area contributed by atoms with Crippen LogP contribution in [0, 0.1) is 5.82 Å². The Morgan fingerprint density at radius 1 is 0.941 bits per heavy atom. The Labute approximate surface area is 198 Å². The molecule has 0 spiro atoms. The predicted octanol–water partition coefficient (Wildman–Crippen LogP) is 4.74. The minimum absolute atomic E-state index is 0.0323. The third-order valence-corrected chi connectivity index (χ3v) is 5.53. The lowest BCUT2D eigenvalue weighted by atomic mass is 10.1. The second kappa shape index (κ2) is 11.2. The van der Waals surface area contributed by atoms with Crippen LogP contribution in [0.25, 0.3) is 11.4 Å². The van der Waals surface area contributed by atoms with Gasteiger partial charge in [-0.15, -0.1) is 0 Å². The van der Waals surface area contributed by atoms with Crippen molar-refractivity contribution in [2.24, 2.45) is 0 Å². The first kappa shape index (κ1) is 23.2. The van der Waals surface area contributed by atoms with Gasteiger partial charge in [-0.1, -0.05) is 59.8 Å². The fourth-order valence-corrected chi connectivity index (χ4v) is 3.63. The predicted molar refractivity (Wildman–Crippen MR) is 127 cm³/mol. The highest BCUT2D eigenvalue weighted by Crippen LogP contribution is 2.21. The molecule has 0 saturated carbocycles. The Hall–Kier alpha value is -4.00. The maximum Gasteiger partial charge on any atom is 0.228 e.